The molecule has 0 fully saturated rings. The summed E-state index contributed by atoms with van der Waals surface area (Å²) in [5.74, 6) is -1.06. The van der Waals surface area contributed by atoms with E-state index in [0.717, 1.165) is 5.56 Å². The molecule has 0 atom stereocenters. The maximum Gasteiger partial charge on any atom is 0.344 e. The zero-order valence-electron chi connectivity index (χ0n) is 16.9. The molecule has 160 valence electrons. The van der Waals surface area contributed by atoms with Crippen molar-refractivity contribution in [1.29, 1.82) is 0 Å². The van der Waals surface area contributed by atoms with Crippen LogP contribution < -0.4 is 19.5 Å². The van der Waals surface area contributed by atoms with Gasteiger partial charge in [-0.25, -0.2) is 4.79 Å². The number of carbonyl (C=O) groups excluding carboxylic acids is 3. The highest BCUT2D eigenvalue weighted by Gasteiger charge is 2.12. The van der Waals surface area contributed by atoms with Crippen molar-refractivity contribution in [2.75, 3.05) is 18.5 Å². The van der Waals surface area contributed by atoms with Crippen LogP contribution in [-0.2, 0) is 25.7 Å². The van der Waals surface area contributed by atoms with Crippen molar-refractivity contribution in [3.63, 3.8) is 0 Å². The molecule has 9 heteroatoms. The van der Waals surface area contributed by atoms with Gasteiger partial charge in [0, 0.05) is 26.5 Å². The van der Waals surface area contributed by atoms with Crippen LogP contribution in [0.4, 0.5) is 5.69 Å². The maximum absolute atomic E-state index is 11.5. The summed E-state index contributed by atoms with van der Waals surface area (Å²) in [5, 5.41) is 13.1. The molecular weight excluding hydrogens is 394 g/mol. The van der Waals surface area contributed by atoms with Crippen molar-refractivity contribution in [3.05, 3.63) is 42.0 Å². The van der Waals surface area contributed by atoms with Gasteiger partial charge >= 0.3 is 17.9 Å². The van der Waals surface area contributed by atoms with Crippen LogP contribution in [0.3, 0.4) is 0 Å². The van der Waals surface area contributed by atoms with Crippen LogP contribution in [0, 0.1) is 0 Å². The van der Waals surface area contributed by atoms with Gasteiger partial charge in [0.15, 0.2) is 18.1 Å². The highest BCUT2D eigenvalue weighted by atomic mass is 16.6. The molecule has 0 amide bonds. The van der Waals surface area contributed by atoms with Crippen molar-refractivity contribution in [1.82, 2.24) is 0 Å². The molecule has 0 bridgehead atoms. The van der Waals surface area contributed by atoms with E-state index in [1.54, 1.807) is 37.3 Å². The fourth-order valence-corrected chi connectivity index (χ4v) is 2.44. The van der Waals surface area contributed by atoms with Crippen molar-refractivity contribution in [2.45, 2.75) is 27.3 Å². The zero-order valence-corrected chi connectivity index (χ0v) is 16.9. The molecule has 0 unspecified atom stereocenters. The minimum atomic E-state index is -0.542. The third-order valence-corrected chi connectivity index (χ3v) is 3.63. The summed E-state index contributed by atoms with van der Waals surface area (Å²) in [6.07, 6.45) is 0. The minimum absolute atomic E-state index is 0.0941. The van der Waals surface area contributed by atoms with Gasteiger partial charge in [-0.2, -0.15) is 0 Å². The average Bonchev–Trinajstić information content (AvgIpc) is 2.66. The van der Waals surface area contributed by atoms with Crippen LogP contribution in [0.25, 0.3) is 0 Å². The first kappa shape index (κ1) is 22.5. The summed E-state index contributed by atoms with van der Waals surface area (Å²) in [5.41, 5.74) is 1.14. The molecule has 0 aliphatic rings. The quantitative estimate of drug-likeness (QED) is 0.360. The first-order valence-corrected chi connectivity index (χ1v) is 9.13. The van der Waals surface area contributed by atoms with Crippen LogP contribution in [0.5, 0.6) is 23.0 Å². The number of phenols is 1. The van der Waals surface area contributed by atoms with E-state index in [1.165, 1.54) is 19.9 Å². The van der Waals surface area contributed by atoms with E-state index >= 15 is 0 Å². The molecule has 2 rings (SSSR count). The van der Waals surface area contributed by atoms with Crippen LogP contribution in [0.1, 0.15) is 26.3 Å². The van der Waals surface area contributed by atoms with E-state index in [2.05, 4.69) is 5.32 Å². The molecule has 0 aromatic heterocycles. The molecule has 0 spiro atoms. The number of esters is 3. The number of rotatable bonds is 9. The van der Waals surface area contributed by atoms with Crippen molar-refractivity contribution in [2.24, 2.45) is 0 Å². The standard InChI is InChI=1S/C21H23NO8/c1-4-27-21(26)12-28-19-8-5-15(9-20(19)30-14(3)24)11-22-17-7-6-16(10-18(17)25)29-13(2)23/h5-10,22,25H,4,11-12H2,1-3H3. The maximum atomic E-state index is 11.5. The van der Waals surface area contributed by atoms with E-state index in [4.69, 9.17) is 18.9 Å². The Labute approximate surface area is 173 Å². The Balaban J connectivity index is 2.09. The van der Waals surface area contributed by atoms with Crippen LogP contribution in [0.2, 0.25) is 0 Å². The number of benzene rings is 2. The lowest BCUT2D eigenvalue weighted by Gasteiger charge is -2.14. The van der Waals surface area contributed by atoms with E-state index in [9.17, 15) is 19.5 Å². The molecule has 0 aliphatic carbocycles. The highest BCUT2D eigenvalue weighted by molar-refractivity contribution is 5.72. The largest absolute Gasteiger partial charge is 0.506 e. The first-order valence-electron chi connectivity index (χ1n) is 9.13. The van der Waals surface area contributed by atoms with Crippen molar-refractivity contribution >= 4 is 23.6 Å². The van der Waals surface area contributed by atoms with E-state index in [-0.39, 0.29) is 42.8 Å². The molecule has 0 heterocycles. The van der Waals surface area contributed by atoms with Gasteiger partial charge in [0.25, 0.3) is 0 Å². The van der Waals surface area contributed by atoms with Gasteiger partial charge in [-0.1, -0.05) is 6.07 Å². The van der Waals surface area contributed by atoms with Crippen LogP contribution >= 0.6 is 0 Å². The number of hydrogen-bond acceptors (Lipinski definition) is 9. The predicted octanol–water partition coefficient (Wildman–Crippen LogP) is 2.80. The van der Waals surface area contributed by atoms with Crippen LogP contribution in [-0.4, -0.2) is 36.2 Å². The van der Waals surface area contributed by atoms with Gasteiger partial charge in [-0.3, -0.25) is 9.59 Å². The van der Waals surface area contributed by atoms with Gasteiger partial charge in [0.1, 0.15) is 11.5 Å². The smallest absolute Gasteiger partial charge is 0.344 e. The summed E-state index contributed by atoms with van der Waals surface area (Å²) in [7, 11) is 0. The fourth-order valence-electron chi connectivity index (χ4n) is 2.44. The second kappa shape index (κ2) is 10.7. The summed E-state index contributed by atoms with van der Waals surface area (Å²) < 4.78 is 20.3. The Hall–Kier alpha value is -3.75. The van der Waals surface area contributed by atoms with Gasteiger partial charge in [-0.05, 0) is 36.8 Å². The molecule has 2 aromatic carbocycles. The van der Waals surface area contributed by atoms with Crippen molar-refractivity contribution in [3.8, 4) is 23.0 Å². The monoisotopic (exact) mass is 417 g/mol. The third-order valence-electron chi connectivity index (χ3n) is 3.63. The van der Waals surface area contributed by atoms with Gasteiger partial charge in [-0.15, -0.1) is 0 Å². The Morgan fingerprint density at radius 3 is 2.33 bits per heavy atom. The summed E-state index contributed by atoms with van der Waals surface area (Å²) in [4.78, 5) is 33.9. The summed E-state index contributed by atoms with van der Waals surface area (Å²) >= 11 is 0. The fraction of sp³-hybridized carbons (Fsp3) is 0.286. The molecule has 9 nitrogen and oxygen atoms in total. The molecule has 30 heavy (non-hydrogen) atoms. The van der Waals surface area contributed by atoms with E-state index in [0.29, 0.717) is 5.69 Å². The Bertz CT molecular complexity index is 925. The predicted molar refractivity (Wildman–Crippen MR) is 107 cm³/mol. The first-order chi connectivity index (χ1) is 14.3. The van der Waals surface area contributed by atoms with Gasteiger partial charge in [0.05, 0.1) is 12.3 Å². The lowest BCUT2D eigenvalue weighted by Crippen LogP contribution is -2.15. The van der Waals surface area contributed by atoms with E-state index in [1.807, 2.05) is 0 Å². The lowest BCUT2D eigenvalue weighted by molar-refractivity contribution is -0.145. The van der Waals surface area contributed by atoms with Crippen LogP contribution in [0.15, 0.2) is 36.4 Å². The average molecular weight is 417 g/mol. The topological polar surface area (TPSA) is 120 Å². The second-order valence-corrected chi connectivity index (χ2v) is 6.09. The molecular formula is C21H23NO8. The second-order valence-electron chi connectivity index (χ2n) is 6.09. The SMILES string of the molecule is CCOC(=O)COc1ccc(CNc2ccc(OC(C)=O)cc2O)cc1OC(C)=O. The summed E-state index contributed by atoms with van der Waals surface area (Å²) in [6.45, 7) is 4.41. The minimum Gasteiger partial charge on any atom is -0.506 e. The molecule has 0 radical (unpaired) electrons. The number of carbonyl (C=O) groups is 3. The third kappa shape index (κ3) is 7.01. The zero-order chi connectivity index (χ0) is 22.1. The highest BCUT2D eigenvalue weighted by Crippen LogP contribution is 2.31. The number of phenolic OH excluding ortho intramolecular Hbond substituents is 1. The number of hydrogen-bond donors (Lipinski definition) is 2. The molecule has 0 aliphatic heterocycles. The molecule has 2 aromatic rings. The van der Waals surface area contributed by atoms with Gasteiger partial charge in [0.2, 0.25) is 0 Å². The number of ether oxygens (including phenoxy) is 4. The lowest BCUT2D eigenvalue weighted by atomic mass is 10.2. The molecule has 0 saturated heterocycles. The van der Waals surface area contributed by atoms with E-state index < -0.39 is 17.9 Å². The Kier molecular flexibility index (Phi) is 8.04. The summed E-state index contributed by atoms with van der Waals surface area (Å²) in [6, 6.07) is 9.29. The Morgan fingerprint density at radius 2 is 1.70 bits per heavy atom. The van der Waals surface area contributed by atoms with Gasteiger partial charge < -0.3 is 29.4 Å². The Morgan fingerprint density at radius 1 is 0.967 bits per heavy atom. The number of aromatic hydroxyl groups is 1. The van der Waals surface area contributed by atoms with Crippen molar-refractivity contribution < 1.29 is 38.4 Å². The number of anilines is 1. The molecule has 0 saturated carbocycles. The number of nitrogens with one attached hydrogen (secondary N) is 1. The molecule has 2 N–H and O–H groups in total. The normalized spacial score (nSPS) is 10.1.